The number of urea groups is 1. The van der Waals surface area contributed by atoms with Gasteiger partial charge in [0.15, 0.2) is 0 Å². The number of hydrogen-bond donors (Lipinski definition) is 2. The maximum absolute atomic E-state index is 12.1. The molecule has 0 fully saturated rings. The van der Waals surface area contributed by atoms with Crippen molar-refractivity contribution in [3.05, 3.63) is 65.6 Å². The SMILES string of the molecule is CCCCOc1cccc(CNC(=O)NCc2cn3c(C)cccc3n2)c1. The fourth-order valence-corrected chi connectivity index (χ4v) is 2.78. The highest BCUT2D eigenvalue weighted by atomic mass is 16.5. The van der Waals surface area contributed by atoms with Gasteiger partial charge in [0.2, 0.25) is 0 Å². The zero-order valence-electron chi connectivity index (χ0n) is 15.9. The summed E-state index contributed by atoms with van der Waals surface area (Å²) in [6, 6.07) is 13.5. The van der Waals surface area contributed by atoms with Crippen molar-refractivity contribution in [1.29, 1.82) is 0 Å². The molecule has 0 saturated heterocycles. The van der Waals surface area contributed by atoms with Crippen molar-refractivity contribution < 1.29 is 9.53 Å². The maximum Gasteiger partial charge on any atom is 0.315 e. The molecule has 3 aromatic rings. The Hall–Kier alpha value is -3.02. The Labute approximate surface area is 159 Å². The van der Waals surface area contributed by atoms with Crippen molar-refractivity contribution in [2.24, 2.45) is 0 Å². The molecule has 0 radical (unpaired) electrons. The molecule has 1 aromatic carbocycles. The summed E-state index contributed by atoms with van der Waals surface area (Å²) < 4.78 is 7.71. The maximum atomic E-state index is 12.1. The van der Waals surface area contributed by atoms with E-state index in [2.05, 4.69) is 22.5 Å². The van der Waals surface area contributed by atoms with Gasteiger partial charge in [-0.25, -0.2) is 9.78 Å². The van der Waals surface area contributed by atoms with E-state index in [4.69, 9.17) is 4.74 Å². The van der Waals surface area contributed by atoms with E-state index >= 15 is 0 Å². The first-order valence-corrected chi connectivity index (χ1v) is 9.32. The molecule has 0 aliphatic carbocycles. The smallest absolute Gasteiger partial charge is 0.315 e. The van der Waals surface area contributed by atoms with E-state index in [1.54, 1.807) is 0 Å². The first-order valence-electron chi connectivity index (χ1n) is 9.32. The highest BCUT2D eigenvalue weighted by Gasteiger charge is 2.06. The van der Waals surface area contributed by atoms with Crippen LogP contribution >= 0.6 is 0 Å². The van der Waals surface area contributed by atoms with Crippen LogP contribution in [0.25, 0.3) is 5.65 Å². The molecule has 0 saturated carbocycles. The normalized spacial score (nSPS) is 10.7. The van der Waals surface area contributed by atoms with Crippen LogP contribution in [0.15, 0.2) is 48.7 Å². The standard InChI is InChI=1S/C21H26N4O2/c1-3-4-11-27-19-9-6-8-17(12-19)13-22-21(26)23-14-18-15-25-16(2)7-5-10-20(25)24-18/h5-10,12,15H,3-4,11,13-14H2,1-2H3,(H2,22,23,26). The van der Waals surface area contributed by atoms with E-state index < -0.39 is 0 Å². The summed E-state index contributed by atoms with van der Waals surface area (Å²) in [6.45, 7) is 5.70. The number of nitrogens with zero attached hydrogens (tertiary/aromatic N) is 2. The van der Waals surface area contributed by atoms with Crippen LogP contribution in [0.3, 0.4) is 0 Å². The number of amides is 2. The molecule has 0 atom stereocenters. The van der Waals surface area contributed by atoms with Crippen LogP contribution in [0, 0.1) is 6.92 Å². The van der Waals surface area contributed by atoms with Crippen LogP contribution in [0.2, 0.25) is 0 Å². The number of nitrogens with one attached hydrogen (secondary N) is 2. The molecule has 0 unspecified atom stereocenters. The second kappa shape index (κ2) is 9.07. The minimum absolute atomic E-state index is 0.221. The third kappa shape index (κ3) is 5.23. The monoisotopic (exact) mass is 366 g/mol. The Balaban J connectivity index is 1.48. The zero-order valence-corrected chi connectivity index (χ0v) is 15.9. The van der Waals surface area contributed by atoms with Crippen molar-refractivity contribution in [3.63, 3.8) is 0 Å². The average molecular weight is 366 g/mol. The molecule has 6 heteroatoms. The number of benzene rings is 1. The molecular weight excluding hydrogens is 340 g/mol. The van der Waals surface area contributed by atoms with Gasteiger partial charge in [-0.1, -0.05) is 31.5 Å². The number of carbonyl (C=O) groups is 1. The fraction of sp³-hybridized carbons (Fsp3) is 0.333. The zero-order chi connectivity index (χ0) is 19.1. The molecule has 0 aliphatic rings. The lowest BCUT2D eigenvalue weighted by Crippen LogP contribution is -2.34. The van der Waals surface area contributed by atoms with Crippen molar-refractivity contribution >= 4 is 11.7 Å². The van der Waals surface area contributed by atoms with Gasteiger partial charge in [0.25, 0.3) is 0 Å². The minimum Gasteiger partial charge on any atom is -0.494 e. The summed E-state index contributed by atoms with van der Waals surface area (Å²) in [5.74, 6) is 0.836. The Bertz CT molecular complexity index is 904. The van der Waals surface area contributed by atoms with Crippen LogP contribution in [-0.4, -0.2) is 22.0 Å². The second-order valence-electron chi connectivity index (χ2n) is 6.51. The lowest BCUT2D eigenvalue weighted by molar-refractivity contribution is 0.240. The summed E-state index contributed by atoms with van der Waals surface area (Å²) in [5.41, 5.74) is 3.82. The molecule has 0 aliphatic heterocycles. The van der Waals surface area contributed by atoms with E-state index in [-0.39, 0.29) is 6.03 Å². The molecule has 142 valence electrons. The number of aryl methyl sites for hydroxylation is 1. The Morgan fingerprint density at radius 1 is 1.15 bits per heavy atom. The Morgan fingerprint density at radius 2 is 1.96 bits per heavy atom. The first-order chi connectivity index (χ1) is 13.2. The summed E-state index contributed by atoms with van der Waals surface area (Å²) >= 11 is 0. The largest absolute Gasteiger partial charge is 0.494 e. The number of ether oxygens (including phenoxy) is 1. The van der Waals surface area contributed by atoms with Crippen molar-refractivity contribution in [2.45, 2.75) is 39.8 Å². The van der Waals surface area contributed by atoms with Gasteiger partial charge < -0.3 is 19.8 Å². The van der Waals surface area contributed by atoms with Gasteiger partial charge in [-0.15, -0.1) is 0 Å². The minimum atomic E-state index is -0.221. The van der Waals surface area contributed by atoms with E-state index in [9.17, 15) is 4.79 Å². The van der Waals surface area contributed by atoms with Crippen LogP contribution in [-0.2, 0) is 13.1 Å². The van der Waals surface area contributed by atoms with Gasteiger partial charge in [0.05, 0.1) is 18.8 Å². The highest BCUT2D eigenvalue weighted by molar-refractivity contribution is 5.73. The van der Waals surface area contributed by atoms with Crippen molar-refractivity contribution in [1.82, 2.24) is 20.0 Å². The molecule has 0 bridgehead atoms. The topological polar surface area (TPSA) is 67.7 Å². The number of rotatable bonds is 8. The van der Waals surface area contributed by atoms with E-state index in [0.29, 0.717) is 19.7 Å². The quantitative estimate of drug-likeness (QED) is 0.596. The molecule has 2 heterocycles. The third-order valence-electron chi connectivity index (χ3n) is 4.29. The number of aromatic nitrogens is 2. The summed E-state index contributed by atoms with van der Waals surface area (Å²) in [6.07, 6.45) is 4.09. The van der Waals surface area contributed by atoms with Gasteiger partial charge in [0.1, 0.15) is 11.4 Å². The Morgan fingerprint density at radius 3 is 2.78 bits per heavy atom. The highest BCUT2D eigenvalue weighted by Crippen LogP contribution is 2.14. The van der Waals surface area contributed by atoms with Crippen molar-refractivity contribution in [3.8, 4) is 5.75 Å². The van der Waals surface area contributed by atoms with E-state index in [0.717, 1.165) is 41.2 Å². The number of imidazole rings is 1. The predicted octanol–water partition coefficient (Wildman–Crippen LogP) is 3.82. The Kier molecular flexibility index (Phi) is 6.30. The molecule has 6 nitrogen and oxygen atoms in total. The number of carbonyl (C=O) groups excluding carboxylic acids is 1. The molecule has 2 N–H and O–H groups in total. The summed E-state index contributed by atoms with van der Waals surface area (Å²) in [7, 11) is 0. The van der Waals surface area contributed by atoms with Crippen LogP contribution in [0.1, 0.15) is 36.7 Å². The molecule has 3 rings (SSSR count). The molecule has 2 aromatic heterocycles. The summed E-state index contributed by atoms with van der Waals surface area (Å²) in [4.78, 5) is 16.6. The van der Waals surface area contributed by atoms with Gasteiger partial charge in [-0.3, -0.25) is 0 Å². The third-order valence-corrected chi connectivity index (χ3v) is 4.29. The molecule has 0 spiro atoms. The van der Waals surface area contributed by atoms with Crippen LogP contribution in [0.4, 0.5) is 4.79 Å². The second-order valence-corrected chi connectivity index (χ2v) is 6.51. The lowest BCUT2D eigenvalue weighted by atomic mass is 10.2. The number of unbranched alkanes of at least 4 members (excludes halogenated alkanes) is 1. The fourth-order valence-electron chi connectivity index (χ4n) is 2.78. The van der Waals surface area contributed by atoms with Crippen LogP contribution in [0.5, 0.6) is 5.75 Å². The lowest BCUT2D eigenvalue weighted by Gasteiger charge is -2.09. The van der Waals surface area contributed by atoms with Gasteiger partial charge in [0, 0.05) is 18.4 Å². The number of hydrogen-bond acceptors (Lipinski definition) is 3. The van der Waals surface area contributed by atoms with Gasteiger partial charge in [-0.2, -0.15) is 0 Å². The van der Waals surface area contributed by atoms with Crippen LogP contribution < -0.4 is 15.4 Å². The van der Waals surface area contributed by atoms with Gasteiger partial charge >= 0.3 is 6.03 Å². The summed E-state index contributed by atoms with van der Waals surface area (Å²) in [5, 5.41) is 5.72. The van der Waals surface area contributed by atoms with Gasteiger partial charge in [-0.05, 0) is 43.2 Å². The number of pyridine rings is 1. The molecular formula is C21H26N4O2. The molecule has 27 heavy (non-hydrogen) atoms. The average Bonchev–Trinajstić information content (AvgIpc) is 3.10. The predicted molar refractivity (Wildman–Crippen MR) is 106 cm³/mol. The molecule has 2 amide bonds. The van der Waals surface area contributed by atoms with E-state index in [1.165, 1.54) is 0 Å². The number of fused-ring (bicyclic) bond motifs is 1. The first kappa shape index (κ1) is 18.8. The van der Waals surface area contributed by atoms with E-state index in [1.807, 2.05) is 60.0 Å². The van der Waals surface area contributed by atoms with Crippen molar-refractivity contribution in [2.75, 3.05) is 6.61 Å².